The number of nitrogens with two attached hydrogens (primary N) is 1. The molecule has 0 radical (unpaired) electrons. The minimum atomic E-state index is -0.940. The van der Waals surface area contributed by atoms with Crippen molar-refractivity contribution in [2.45, 2.75) is 31.9 Å². The summed E-state index contributed by atoms with van der Waals surface area (Å²) < 4.78 is 4.87. The molecule has 0 aliphatic carbocycles. The van der Waals surface area contributed by atoms with Crippen LogP contribution in [0.1, 0.15) is 19.8 Å². The van der Waals surface area contributed by atoms with Gasteiger partial charge in [0, 0.05) is 0 Å². The fraction of sp³-hybridized carbons (Fsp3) is 0.625. The minimum Gasteiger partial charge on any atom is -0.461 e. The smallest absolute Gasteiger partial charge is 0.329 e. The summed E-state index contributed by atoms with van der Waals surface area (Å²) in [5.41, 5.74) is 4.92. The van der Waals surface area contributed by atoms with E-state index in [1.54, 1.807) is 6.92 Å². The highest BCUT2D eigenvalue weighted by atomic mass is 16.5. The predicted molar refractivity (Wildman–Crippen MR) is 45.9 cm³/mol. The fourth-order valence-electron chi connectivity index (χ4n) is 1.23. The Bertz CT molecular complexity index is 277. The molecule has 78 valence electrons. The van der Waals surface area contributed by atoms with E-state index in [0.29, 0.717) is 0 Å². The van der Waals surface area contributed by atoms with E-state index in [1.165, 1.54) is 0 Å². The zero-order valence-corrected chi connectivity index (χ0v) is 7.78. The number of carbonyl (C=O) groups excluding carboxylic acids is 3. The van der Waals surface area contributed by atoms with Crippen LogP contribution in [0.2, 0.25) is 0 Å². The average molecular weight is 200 g/mol. The second kappa shape index (κ2) is 4.08. The van der Waals surface area contributed by atoms with Crippen LogP contribution in [0, 0.1) is 0 Å². The maximum Gasteiger partial charge on any atom is 0.329 e. The van der Waals surface area contributed by atoms with Crippen molar-refractivity contribution < 1.29 is 19.1 Å². The van der Waals surface area contributed by atoms with Gasteiger partial charge in [-0.3, -0.25) is 9.59 Å². The van der Waals surface area contributed by atoms with Crippen molar-refractivity contribution in [3.63, 3.8) is 0 Å². The molecule has 1 fully saturated rings. The molecule has 0 bridgehead atoms. The molecule has 1 aliphatic heterocycles. The van der Waals surface area contributed by atoms with Crippen molar-refractivity contribution in [2.75, 3.05) is 0 Å². The summed E-state index contributed by atoms with van der Waals surface area (Å²) in [4.78, 5) is 33.0. The summed E-state index contributed by atoms with van der Waals surface area (Å²) in [7, 11) is 0. The standard InChI is InChI=1S/C8H12N2O4/c1-4-2-7(12)10-5(3-6(9)11)8(13)14-4/h4-5H,2-3H2,1H3,(H2,9,11)(H,10,12). The van der Waals surface area contributed by atoms with Gasteiger partial charge in [0.1, 0.15) is 12.1 Å². The number of primary amides is 1. The summed E-state index contributed by atoms with van der Waals surface area (Å²) in [5.74, 6) is -1.57. The van der Waals surface area contributed by atoms with Crippen molar-refractivity contribution >= 4 is 17.8 Å². The first-order valence-electron chi connectivity index (χ1n) is 4.27. The summed E-state index contributed by atoms with van der Waals surface area (Å²) in [6.07, 6.45) is -0.571. The molecule has 0 saturated carbocycles. The second-order valence-electron chi connectivity index (χ2n) is 3.24. The summed E-state index contributed by atoms with van der Waals surface area (Å²) in [6.45, 7) is 1.62. The molecule has 0 aromatic rings. The number of nitrogens with one attached hydrogen (secondary N) is 1. The molecule has 14 heavy (non-hydrogen) atoms. The molecule has 1 aliphatic rings. The van der Waals surface area contributed by atoms with E-state index in [-0.39, 0.29) is 18.7 Å². The van der Waals surface area contributed by atoms with E-state index in [1.807, 2.05) is 0 Å². The van der Waals surface area contributed by atoms with Gasteiger partial charge >= 0.3 is 5.97 Å². The van der Waals surface area contributed by atoms with Crippen molar-refractivity contribution in [2.24, 2.45) is 5.73 Å². The highest BCUT2D eigenvalue weighted by Gasteiger charge is 2.30. The van der Waals surface area contributed by atoms with Crippen LogP contribution in [0.4, 0.5) is 0 Å². The molecular formula is C8H12N2O4. The maximum atomic E-state index is 11.3. The third-order valence-electron chi connectivity index (χ3n) is 1.82. The molecule has 3 N–H and O–H groups in total. The van der Waals surface area contributed by atoms with Crippen molar-refractivity contribution in [1.82, 2.24) is 5.32 Å². The van der Waals surface area contributed by atoms with E-state index in [2.05, 4.69) is 5.32 Å². The lowest BCUT2D eigenvalue weighted by molar-refractivity contribution is -0.150. The lowest BCUT2D eigenvalue weighted by Crippen LogP contribution is -2.41. The monoisotopic (exact) mass is 200 g/mol. The highest BCUT2D eigenvalue weighted by Crippen LogP contribution is 2.07. The Balaban J connectivity index is 2.69. The molecule has 0 spiro atoms. The minimum absolute atomic E-state index is 0.112. The largest absolute Gasteiger partial charge is 0.461 e. The lowest BCUT2D eigenvalue weighted by Gasteiger charge is -2.11. The zero-order chi connectivity index (χ0) is 10.7. The van der Waals surface area contributed by atoms with Crippen LogP contribution in [0.25, 0.3) is 0 Å². The van der Waals surface area contributed by atoms with Gasteiger partial charge in [-0.2, -0.15) is 0 Å². The number of cyclic esters (lactones) is 1. The molecule has 2 unspecified atom stereocenters. The molecule has 1 rings (SSSR count). The number of ether oxygens (including phenoxy) is 1. The normalized spacial score (nSPS) is 27.5. The average Bonchev–Trinajstić information content (AvgIpc) is 2.10. The van der Waals surface area contributed by atoms with Crippen LogP contribution >= 0.6 is 0 Å². The fourth-order valence-corrected chi connectivity index (χ4v) is 1.23. The predicted octanol–water partition coefficient (Wildman–Crippen LogP) is -1.32. The van der Waals surface area contributed by atoms with Gasteiger partial charge in [-0.1, -0.05) is 0 Å². The molecule has 0 aromatic heterocycles. The van der Waals surface area contributed by atoms with E-state index in [0.717, 1.165) is 0 Å². The maximum absolute atomic E-state index is 11.3. The second-order valence-corrected chi connectivity index (χ2v) is 3.24. The van der Waals surface area contributed by atoms with Gasteiger partial charge in [-0.15, -0.1) is 0 Å². The Morgan fingerprint density at radius 1 is 1.64 bits per heavy atom. The number of amides is 2. The Hall–Kier alpha value is -1.59. The van der Waals surface area contributed by atoms with E-state index in [9.17, 15) is 14.4 Å². The van der Waals surface area contributed by atoms with Crippen LogP contribution in [0.3, 0.4) is 0 Å². The first-order valence-corrected chi connectivity index (χ1v) is 4.27. The van der Waals surface area contributed by atoms with Gasteiger partial charge < -0.3 is 15.8 Å². The summed E-state index contributed by atoms with van der Waals surface area (Å²) in [5, 5.41) is 2.38. The molecule has 1 saturated heterocycles. The van der Waals surface area contributed by atoms with Gasteiger partial charge in [-0.05, 0) is 6.92 Å². The molecule has 2 amide bonds. The Morgan fingerprint density at radius 2 is 2.29 bits per heavy atom. The number of esters is 1. The van der Waals surface area contributed by atoms with E-state index < -0.39 is 24.0 Å². The van der Waals surface area contributed by atoms with Crippen LogP contribution in [-0.2, 0) is 19.1 Å². The number of rotatable bonds is 2. The first kappa shape index (κ1) is 10.5. The number of hydrogen-bond acceptors (Lipinski definition) is 4. The van der Waals surface area contributed by atoms with Crippen molar-refractivity contribution in [3.8, 4) is 0 Å². The van der Waals surface area contributed by atoms with E-state index in [4.69, 9.17) is 10.5 Å². The quantitative estimate of drug-likeness (QED) is 0.540. The molecule has 1 heterocycles. The lowest BCUT2D eigenvalue weighted by atomic mass is 10.2. The topological polar surface area (TPSA) is 98.5 Å². The Morgan fingerprint density at radius 3 is 2.86 bits per heavy atom. The van der Waals surface area contributed by atoms with Crippen LogP contribution < -0.4 is 11.1 Å². The Labute approximate surface area is 80.8 Å². The zero-order valence-electron chi connectivity index (χ0n) is 7.78. The van der Waals surface area contributed by atoms with Crippen LogP contribution in [-0.4, -0.2) is 29.9 Å². The van der Waals surface area contributed by atoms with Gasteiger partial charge in [0.2, 0.25) is 11.8 Å². The van der Waals surface area contributed by atoms with Gasteiger partial charge in [0.05, 0.1) is 12.8 Å². The van der Waals surface area contributed by atoms with Crippen molar-refractivity contribution in [3.05, 3.63) is 0 Å². The number of hydrogen-bond donors (Lipinski definition) is 2. The van der Waals surface area contributed by atoms with Crippen molar-refractivity contribution in [1.29, 1.82) is 0 Å². The van der Waals surface area contributed by atoms with Gasteiger partial charge in [0.15, 0.2) is 0 Å². The molecule has 6 nitrogen and oxygen atoms in total. The third kappa shape index (κ3) is 2.72. The Kier molecular flexibility index (Phi) is 3.06. The van der Waals surface area contributed by atoms with E-state index >= 15 is 0 Å². The molecule has 0 aromatic carbocycles. The first-order chi connectivity index (χ1) is 6.49. The van der Waals surface area contributed by atoms with Crippen LogP contribution in [0.5, 0.6) is 0 Å². The summed E-state index contributed by atoms with van der Waals surface area (Å²) in [6, 6.07) is -0.940. The SMILES string of the molecule is CC1CC(=O)NC(CC(N)=O)C(=O)O1. The van der Waals surface area contributed by atoms with Crippen LogP contribution in [0.15, 0.2) is 0 Å². The number of carbonyl (C=O) groups is 3. The molecule has 6 heteroatoms. The van der Waals surface area contributed by atoms with Gasteiger partial charge in [-0.25, -0.2) is 4.79 Å². The molecular weight excluding hydrogens is 188 g/mol. The van der Waals surface area contributed by atoms with Gasteiger partial charge in [0.25, 0.3) is 0 Å². The third-order valence-corrected chi connectivity index (χ3v) is 1.82. The molecule has 2 atom stereocenters. The highest BCUT2D eigenvalue weighted by molar-refractivity contribution is 5.90. The summed E-state index contributed by atoms with van der Waals surface area (Å²) >= 11 is 0.